The van der Waals surface area contributed by atoms with Crippen LogP contribution in [0.1, 0.15) is 47.1 Å². The van der Waals surface area contributed by atoms with Gasteiger partial charge < -0.3 is 4.90 Å². The van der Waals surface area contributed by atoms with Gasteiger partial charge in [-0.05, 0) is 44.5 Å². The maximum absolute atomic E-state index is 6.80. The standard InChI is InChI=1S/C8H7N3S.C8H15N.2C2H6/c1-5-2-3-6-7(4-5)12-8(10-6)11-9;1-5-7-8(6-2)9(3)4;2*1-2/h2-4,9H,1H3;5-7H,1-4H3;2*1-2H3/b;7-5-,8-6+;;. The van der Waals surface area contributed by atoms with E-state index < -0.39 is 0 Å². The fourth-order valence-electron chi connectivity index (χ4n) is 1.74. The van der Waals surface area contributed by atoms with Crippen LogP contribution in [0.5, 0.6) is 0 Å². The summed E-state index contributed by atoms with van der Waals surface area (Å²) in [4.78, 5) is 6.22. The average Bonchev–Trinajstić information content (AvgIpc) is 3.05. The summed E-state index contributed by atoms with van der Waals surface area (Å²) in [7, 11) is 4.07. The van der Waals surface area contributed by atoms with Gasteiger partial charge in [-0.2, -0.15) is 0 Å². The molecule has 0 saturated carbocycles. The monoisotopic (exact) mass is 362 g/mol. The number of aryl methyl sites for hydroxylation is 1. The lowest BCUT2D eigenvalue weighted by atomic mass is 10.2. The molecule has 0 radical (unpaired) electrons. The maximum atomic E-state index is 6.80. The van der Waals surface area contributed by atoms with Crippen molar-refractivity contribution < 1.29 is 0 Å². The molecule has 0 spiro atoms. The Hall–Kier alpha value is -2.01. The molecule has 2 rings (SSSR count). The van der Waals surface area contributed by atoms with E-state index >= 15 is 0 Å². The molecule has 0 bridgehead atoms. The largest absolute Gasteiger partial charge is 0.378 e. The summed E-state index contributed by atoms with van der Waals surface area (Å²) in [6.45, 7) is 14.1. The van der Waals surface area contributed by atoms with Crippen molar-refractivity contribution in [3.8, 4) is 0 Å². The highest BCUT2D eigenvalue weighted by atomic mass is 32.1. The maximum Gasteiger partial charge on any atom is 0.230 e. The van der Waals surface area contributed by atoms with E-state index in [1.165, 1.54) is 22.6 Å². The lowest BCUT2D eigenvalue weighted by Gasteiger charge is -2.11. The average molecular weight is 363 g/mol. The van der Waals surface area contributed by atoms with E-state index in [1.807, 2.05) is 80.8 Å². The van der Waals surface area contributed by atoms with Crippen molar-refractivity contribution in [2.24, 2.45) is 5.11 Å². The van der Waals surface area contributed by atoms with Crippen molar-refractivity contribution in [1.29, 1.82) is 5.53 Å². The predicted molar refractivity (Wildman–Crippen MR) is 114 cm³/mol. The minimum Gasteiger partial charge on any atom is -0.378 e. The molecule has 0 aliphatic heterocycles. The summed E-state index contributed by atoms with van der Waals surface area (Å²) < 4.78 is 1.10. The first kappa shape index (κ1) is 25.2. The van der Waals surface area contributed by atoms with Crippen LogP contribution in [0.4, 0.5) is 5.13 Å². The summed E-state index contributed by atoms with van der Waals surface area (Å²) in [6.07, 6.45) is 6.20. The first-order valence-electron chi connectivity index (χ1n) is 8.72. The Balaban J connectivity index is 0. The first-order valence-corrected chi connectivity index (χ1v) is 9.54. The van der Waals surface area contributed by atoms with Gasteiger partial charge in [-0.1, -0.05) is 57.3 Å². The molecule has 1 aromatic carbocycles. The zero-order valence-electron chi connectivity index (χ0n) is 17.2. The number of fused-ring (bicyclic) bond motifs is 1. The number of hydrogen-bond acceptors (Lipinski definition) is 5. The number of hydrogen-bond donors (Lipinski definition) is 1. The molecular formula is C20H34N4S. The summed E-state index contributed by atoms with van der Waals surface area (Å²) >= 11 is 1.45. The van der Waals surface area contributed by atoms with Gasteiger partial charge in [0.05, 0.1) is 10.2 Å². The second kappa shape index (κ2) is 15.5. The summed E-state index contributed by atoms with van der Waals surface area (Å²) in [5.74, 6) is 0. The molecule has 5 heteroatoms. The van der Waals surface area contributed by atoms with E-state index in [4.69, 9.17) is 5.53 Å². The molecule has 0 atom stereocenters. The molecule has 0 fully saturated rings. The molecule has 0 aliphatic carbocycles. The summed E-state index contributed by atoms with van der Waals surface area (Å²) in [5.41, 5.74) is 10.2. The molecule has 0 amide bonds. The molecule has 1 heterocycles. The minimum atomic E-state index is 0.524. The van der Waals surface area contributed by atoms with Crippen LogP contribution < -0.4 is 0 Å². The van der Waals surface area contributed by atoms with Gasteiger partial charge in [0.25, 0.3) is 0 Å². The molecule has 0 aliphatic rings. The third-order valence-corrected chi connectivity index (χ3v) is 3.69. The zero-order valence-corrected chi connectivity index (χ0v) is 18.0. The van der Waals surface area contributed by atoms with Crippen LogP contribution in [-0.4, -0.2) is 24.0 Å². The molecular weight excluding hydrogens is 328 g/mol. The Kier molecular flexibility index (Phi) is 15.7. The van der Waals surface area contributed by atoms with Crippen molar-refractivity contribution >= 4 is 26.7 Å². The van der Waals surface area contributed by atoms with Crippen LogP contribution in [-0.2, 0) is 0 Å². The van der Waals surface area contributed by atoms with Gasteiger partial charge in [-0.15, -0.1) is 5.11 Å². The van der Waals surface area contributed by atoms with Crippen LogP contribution >= 0.6 is 11.3 Å². The Morgan fingerprint density at radius 1 is 1.16 bits per heavy atom. The van der Waals surface area contributed by atoms with Gasteiger partial charge in [0.1, 0.15) is 0 Å². The number of allylic oxidation sites excluding steroid dienone is 3. The van der Waals surface area contributed by atoms with Crippen LogP contribution in [0.2, 0.25) is 0 Å². The molecule has 0 unspecified atom stereocenters. The van der Waals surface area contributed by atoms with Crippen molar-refractivity contribution in [3.05, 3.63) is 47.7 Å². The molecule has 140 valence electrons. The van der Waals surface area contributed by atoms with E-state index in [-0.39, 0.29) is 0 Å². The van der Waals surface area contributed by atoms with Gasteiger partial charge in [-0.3, -0.25) is 0 Å². The van der Waals surface area contributed by atoms with Crippen LogP contribution in [0.3, 0.4) is 0 Å². The van der Waals surface area contributed by atoms with Crippen molar-refractivity contribution in [2.75, 3.05) is 14.1 Å². The van der Waals surface area contributed by atoms with E-state index in [2.05, 4.69) is 33.2 Å². The van der Waals surface area contributed by atoms with Gasteiger partial charge in [0, 0.05) is 19.8 Å². The first-order chi connectivity index (χ1) is 12.0. The fourth-order valence-corrected chi connectivity index (χ4v) is 2.59. The van der Waals surface area contributed by atoms with Gasteiger partial charge in [0.2, 0.25) is 5.13 Å². The lowest BCUT2D eigenvalue weighted by molar-refractivity contribution is 0.529. The fraction of sp³-hybridized carbons (Fsp3) is 0.450. The number of rotatable bonds is 3. The van der Waals surface area contributed by atoms with Crippen LogP contribution in [0, 0.1) is 12.5 Å². The Morgan fingerprint density at radius 2 is 1.76 bits per heavy atom. The number of thiazole rings is 1. The van der Waals surface area contributed by atoms with Crippen molar-refractivity contribution in [1.82, 2.24) is 9.88 Å². The Morgan fingerprint density at radius 3 is 2.16 bits per heavy atom. The topological polar surface area (TPSA) is 52.3 Å². The highest BCUT2D eigenvalue weighted by Gasteiger charge is 2.01. The Labute approximate surface area is 157 Å². The van der Waals surface area contributed by atoms with Gasteiger partial charge in [0.15, 0.2) is 0 Å². The molecule has 1 N–H and O–H groups in total. The summed E-state index contributed by atoms with van der Waals surface area (Å²) in [5, 5.41) is 3.82. The second-order valence-corrected chi connectivity index (χ2v) is 5.70. The van der Waals surface area contributed by atoms with Crippen LogP contribution in [0.25, 0.3) is 10.2 Å². The number of likely N-dealkylation sites (N-methyl/N-ethyl adjacent to an activating group) is 1. The van der Waals surface area contributed by atoms with Crippen molar-refractivity contribution in [3.63, 3.8) is 0 Å². The van der Waals surface area contributed by atoms with Crippen molar-refractivity contribution in [2.45, 2.75) is 48.5 Å². The number of aromatic nitrogens is 1. The van der Waals surface area contributed by atoms with E-state index in [0.29, 0.717) is 5.13 Å². The molecule has 0 saturated heterocycles. The normalized spacial score (nSPS) is 10.0. The van der Waals surface area contributed by atoms with E-state index in [1.54, 1.807) is 0 Å². The number of nitrogens with zero attached hydrogens (tertiary/aromatic N) is 3. The third kappa shape index (κ3) is 9.77. The predicted octanol–water partition coefficient (Wildman–Crippen LogP) is 7.35. The van der Waals surface area contributed by atoms with Crippen LogP contribution in [0.15, 0.2) is 47.2 Å². The smallest absolute Gasteiger partial charge is 0.230 e. The second-order valence-electron chi connectivity index (χ2n) is 4.69. The lowest BCUT2D eigenvalue weighted by Crippen LogP contribution is -2.08. The minimum absolute atomic E-state index is 0.524. The molecule has 4 nitrogen and oxygen atoms in total. The third-order valence-electron chi connectivity index (χ3n) is 2.78. The quantitative estimate of drug-likeness (QED) is 0.458. The highest BCUT2D eigenvalue weighted by Crippen LogP contribution is 2.28. The summed E-state index contributed by atoms with van der Waals surface area (Å²) in [6, 6.07) is 6.02. The number of nitrogens with one attached hydrogen (secondary N) is 1. The van der Waals surface area contributed by atoms with E-state index in [0.717, 1.165) is 10.2 Å². The molecule has 2 aromatic rings. The molecule has 25 heavy (non-hydrogen) atoms. The Bertz CT molecular complexity index is 655. The van der Waals surface area contributed by atoms with E-state index in [9.17, 15) is 0 Å². The SMILES string of the molecule is C/C=C\C(=C/C)N(C)C.CC.CC.Cc1ccc2nc(N=N)sc2c1. The van der Waals surface area contributed by atoms with Gasteiger partial charge in [-0.25, -0.2) is 10.5 Å². The molecule has 1 aromatic heterocycles. The zero-order chi connectivity index (χ0) is 19.8. The van der Waals surface area contributed by atoms with Gasteiger partial charge >= 0.3 is 0 Å². The highest BCUT2D eigenvalue weighted by molar-refractivity contribution is 7.21. The number of benzene rings is 1.